The normalized spacial score (nSPS) is 17.8. The van der Waals surface area contributed by atoms with E-state index in [1.807, 2.05) is 49.3 Å². The number of H-pyrrole nitrogens is 1. The van der Waals surface area contributed by atoms with Gasteiger partial charge in [-0.1, -0.05) is 0 Å². The molecule has 0 bridgehead atoms. The number of rotatable bonds is 6. The van der Waals surface area contributed by atoms with E-state index in [0.717, 1.165) is 79.6 Å². The minimum atomic E-state index is 0.422. The molecule has 0 radical (unpaired) electrons. The van der Waals surface area contributed by atoms with Gasteiger partial charge in [0.25, 0.3) is 0 Å². The molecule has 6 aromatic heterocycles. The Hall–Kier alpha value is -5.73. The monoisotopic (exact) mass is 645 g/mol. The predicted octanol–water partition coefficient (Wildman–Crippen LogP) is 3.25. The summed E-state index contributed by atoms with van der Waals surface area (Å²) in [6.45, 7) is 3.84. The van der Waals surface area contributed by atoms with Gasteiger partial charge >= 0.3 is 0 Å². The molecule has 0 aromatic carbocycles. The van der Waals surface area contributed by atoms with E-state index in [-0.39, 0.29) is 0 Å². The lowest BCUT2D eigenvalue weighted by atomic mass is 9.93. The van der Waals surface area contributed by atoms with Crippen molar-refractivity contribution in [3.8, 4) is 0 Å². The molecule has 15 nitrogen and oxygen atoms in total. The van der Waals surface area contributed by atoms with Crippen LogP contribution in [0.5, 0.6) is 0 Å². The molecule has 2 saturated heterocycles. The summed E-state index contributed by atoms with van der Waals surface area (Å²) in [4.78, 5) is 41.2. The first kappa shape index (κ1) is 30.9. The molecule has 2 aliphatic rings. The average Bonchev–Trinajstić information content (AvgIpc) is 3.83. The van der Waals surface area contributed by atoms with Crippen LogP contribution >= 0.6 is 0 Å². The van der Waals surface area contributed by atoms with Crippen LogP contribution in [0.1, 0.15) is 36.6 Å². The van der Waals surface area contributed by atoms with E-state index in [1.165, 1.54) is 24.8 Å². The van der Waals surface area contributed by atoms with E-state index in [4.69, 9.17) is 16.5 Å². The van der Waals surface area contributed by atoms with Gasteiger partial charge in [0.2, 0.25) is 0 Å². The standard InChI is InChI=1S/C19H24N8.C14H15N7/c1-26(2)17-9-14(21-11-23-17)8-13-4-3-7-27(10-13)16-6-5-15-18(25-16)19(20)24-12-22-15;15-14-13-11(16-8-17-14)1-2-12(19-13)21-6-4-9(7-21)10-3-5-18-20-10/h5-6,9,11-13H,3-4,7-8,10H2,1-2H3,(H2,20,22,24);1-3,5,8-9H,4,6-7H2,(H,18,20)(H2,15,16,17). The van der Waals surface area contributed by atoms with Gasteiger partial charge in [0.15, 0.2) is 11.6 Å². The highest BCUT2D eigenvalue weighted by atomic mass is 15.2. The SMILES string of the molecule is CN(C)c1cc(CC2CCCN(c3ccc4ncnc(N)c4n3)C2)ncn1.Nc1ncnc2ccc(N3CCC(c4ccn[nH]4)C3)nc12. The van der Waals surface area contributed by atoms with E-state index in [2.05, 4.69) is 61.0 Å². The number of hydrogen-bond acceptors (Lipinski definition) is 14. The fourth-order valence-corrected chi connectivity index (χ4v) is 6.44. The van der Waals surface area contributed by atoms with Crippen molar-refractivity contribution in [1.29, 1.82) is 0 Å². The summed E-state index contributed by atoms with van der Waals surface area (Å²) < 4.78 is 0. The van der Waals surface area contributed by atoms with Crippen LogP contribution in [0.25, 0.3) is 22.1 Å². The second-order valence-electron chi connectivity index (χ2n) is 12.5. The molecule has 48 heavy (non-hydrogen) atoms. The third-order valence-electron chi connectivity index (χ3n) is 8.97. The van der Waals surface area contributed by atoms with Crippen molar-refractivity contribution in [2.24, 2.45) is 5.92 Å². The van der Waals surface area contributed by atoms with Crippen molar-refractivity contribution in [1.82, 2.24) is 50.1 Å². The number of nitrogens with zero attached hydrogens (tertiary/aromatic N) is 12. The summed E-state index contributed by atoms with van der Waals surface area (Å²) in [7, 11) is 3.99. The van der Waals surface area contributed by atoms with E-state index < -0.39 is 0 Å². The summed E-state index contributed by atoms with van der Waals surface area (Å²) in [6.07, 6.45) is 10.7. The van der Waals surface area contributed by atoms with Gasteiger partial charge in [0.05, 0.1) is 11.0 Å². The van der Waals surface area contributed by atoms with Crippen molar-refractivity contribution in [2.75, 3.05) is 66.4 Å². The van der Waals surface area contributed by atoms with Gasteiger partial charge in [-0.3, -0.25) is 5.10 Å². The molecule has 0 saturated carbocycles. The van der Waals surface area contributed by atoms with Crippen LogP contribution in [0.15, 0.2) is 61.6 Å². The number of pyridine rings is 2. The first-order valence-electron chi connectivity index (χ1n) is 16.1. The molecular formula is C33H39N15. The molecule has 0 amide bonds. The van der Waals surface area contributed by atoms with Gasteiger partial charge < -0.3 is 26.2 Å². The summed E-state index contributed by atoms with van der Waals surface area (Å²) in [5.74, 6) is 4.65. The number of fused-ring (bicyclic) bond motifs is 2. The second-order valence-corrected chi connectivity index (χ2v) is 12.5. The zero-order valence-corrected chi connectivity index (χ0v) is 27.1. The Labute approximate surface area is 277 Å². The topological polar surface area (TPSA) is 194 Å². The fraction of sp³-hybridized carbons (Fsp3) is 0.364. The van der Waals surface area contributed by atoms with Crippen LogP contribution in [0, 0.1) is 5.92 Å². The molecule has 5 N–H and O–H groups in total. The Morgan fingerprint density at radius 2 is 1.44 bits per heavy atom. The van der Waals surface area contributed by atoms with Crippen molar-refractivity contribution in [2.45, 2.75) is 31.6 Å². The zero-order chi connectivity index (χ0) is 33.0. The smallest absolute Gasteiger partial charge is 0.153 e. The zero-order valence-electron chi connectivity index (χ0n) is 27.1. The van der Waals surface area contributed by atoms with Gasteiger partial charge in [-0.05, 0) is 61.9 Å². The predicted molar refractivity (Wildman–Crippen MR) is 187 cm³/mol. The molecule has 8 heterocycles. The molecule has 0 spiro atoms. The highest BCUT2D eigenvalue weighted by molar-refractivity contribution is 5.85. The Kier molecular flexibility index (Phi) is 8.72. The number of nitrogen functional groups attached to an aromatic ring is 2. The van der Waals surface area contributed by atoms with Crippen molar-refractivity contribution in [3.63, 3.8) is 0 Å². The van der Waals surface area contributed by atoms with Gasteiger partial charge in [-0.2, -0.15) is 5.10 Å². The number of aromatic nitrogens is 10. The molecule has 2 fully saturated rings. The highest BCUT2D eigenvalue weighted by Gasteiger charge is 2.26. The lowest BCUT2D eigenvalue weighted by molar-refractivity contribution is 0.408. The van der Waals surface area contributed by atoms with Crippen molar-refractivity contribution >= 4 is 51.2 Å². The average molecular weight is 646 g/mol. The summed E-state index contributed by atoms with van der Waals surface area (Å²) in [5, 5.41) is 7.08. The quantitative estimate of drug-likeness (QED) is 0.239. The van der Waals surface area contributed by atoms with E-state index in [0.29, 0.717) is 34.5 Å². The second kappa shape index (κ2) is 13.6. The number of nitrogens with two attached hydrogens (primary N) is 2. The largest absolute Gasteiger partial charge is 0.382 e. The van der Waals surface area contributed by atoms with Gasteiger partial charge in [0.1, 0.15) is 47.5 Å². The lowest BCUT2D eigenvalue weighted by Gasteiger charge is -2.33. The van der Waals surface area contributed by atoms with Gasteiger partial charge in [0, 0.05) is 69.8 Å². The summed E-state index contributed by atoms with van der Waals surface area (Å²) in [6, 6.07) is 12.0. The number of anilines is 5. The number of piperidine rings is 1. The molecule has 2 aliphatic heterocycles. The van der Waals surface area contributed by atoms with Gasteiger partial charge in [-0.25, -0.2) is 39.9 Å². The molecule has 15 heteroatoms. The van der Waals surface area contributed by atoms with Crippen LogP contribution in [0.4, 0.5) is 29.1 Å². The number of aromatic amines is 1. The van der Waals surface area contributed by atoms with Crippen LogP contribution < -0.4 is 26.2 Å². The third kappa shape index (κ3) is 6.70. The molecule has 2 unspecified atom stereocenters. The minimum absolute atomic E-state index is 0.422. The maximum Gasteiger partial charge on any atom is 0.153 e. The Balaban J connectivity index is 0.000000156. The summed E-state index contributed by atoms with van der Waals surface area (Å²) >= 11 is 0. The number of nitrogens with one attached hydrogen (secondary N) is 1. The Bertz CT molecular complexity index is 2000. The maximum absolute atomic E-state index is 5.97. The third-order valence-corrected chi connectivity index (χ3v) is 8.97. The van der Waals surface area contributed by atoms with Crippen molar-refractivity contribution in [3.05, 3.63) is 73.0 Å². The van der Waals surface area contributed by atoms with E-state index in [1.54, 1.807) is 12.5 Å². The van der Waals surface area contributed by atoms with Crippen molar-refractivity contribution < 1.29 is 0 Å². The van der Waals surface area contributed by atoms with Crippen LogP contribution in [0.2, 0.25) is 0 Å². The molecule has 6 aromatic rings. The molecule has 2 atom stereocenters. The minimum Gasteiger partial charge on any atom is -0.382 e. The van der Waals surface area contributed by atoms with E-state index in [9.17, 15) is 0 Å². The van der Waals surface area contributed by atoms with Crippen LogP contribution in [-0.2, 0) is 6.42 Å². The molecule has 8 rings (SSSR count). The summed E-state index contributed by atoms with van der Waals surface area (Å²) in [5.41, 5.74) is 17.0. The maximum atomic E-state index is 5.97. The van der Waals surface area contributed by atoms with E-state index >= 15 is 0 Å². The first-order chi connectivity index (χ1) is 23.4. The van der Waals surface area contributed by atoms with Crippen LogP contribution in [0.3, 0.4) is 0 Å². The Morgan fingerprint density at radius 3 is 2.08 bits per heavy atom. The molecule has 0 aliphatic carbocycles. The van der Waals surface area contributed by atoms with Gasteiger partial charge in [-0.15, -0.1) is 0 Å². The highest BCUT2D eigenvalue weighted by Crippen LogP contribution is 2.30. The molecular weight excluding hydrogens is 606 g/mol. The lowest BCUT2D eigenvalue weighted by Crippen LogP contribution is -2.36. The fourth-order valence-electron chi connectivity index (χ4n) is 6.44. The Morgan fingerprint density at radius 1 is 0.771 bits per heavy atom. The van der Waals surface area contributed by atoms with Crippen LogP contribution in [-0.4, -0.2) is 90.3 Å². The number of hydrogen-bond donors (Lipinski definition) is 3. The molecule has 246 valence electrons. The first-order valence-corrected chi connectivity index (χ1v) is 16.1.